The Morgan fingerprint density at radius 2 is 1.71 bits per heavy atom. The molecule has 0 unspecified atom stereocenters. The average molecular weight is 384 g/mol. The van der Waals surface area contributed by atoms with Crippen molar-refractivity contribution in [3.63, 3.8) is 0 Å². The Morgan fingerprint density at radius 1 is 0.929 bits per heavy atom. The molecule has 3 aromatic carbocycles. The molecule has 0 atom stereocenters. The monoisotopic (exact) mass is 384 g/mol. The Hall–Kier alpha value is -3.44. The quantitative estimate of drug-likeness (QED) is 0.386. The van der Waals surface area contributed by atoms with Crippen molar-refractivity contribution in [1.82, 2.24) is 4.98 Å². The molecule has 28 heavy (non-hydrogen) atoms. The Kier molecular flexibility index (Phi) is 4.14. The van der Waals surface area contributed by atoms with Gasteiger partial charge in [0.2, 0.25) is 5.13 Å². The number of fused-ring (bicyclic) bond motifs is 2. The van der Waals surface area contributed by atoms with Crippen molar-refractivity contribution in [3.05, 3.63) is 84.2 Å². The summed E-state index contributed by atoms with van der Waals surface area (Å²) in [5.74, 6) is 1.56. The van der Waals surface area contributed by atoms with Crippen LogP contribution in [0.5, 0.6) is 5.75 Å². The molecule has 0 N–H and O–H groups in total. The molecule has 0 aliphatic carbocycles. The van der Waals surface area contributed by atoms with Crippen LogP contribution in [-0.2, 0) is 0 Å². The second-order valence-electron chi connectivity index (χ2n) is 6.30. The van der Waals surface area contributed by atoms with Gasteiger partial charge in [-0.05, 0) is 48.5 Å². The van der Waals surface area contributed by atoms with Gasteiger partial charge in [-0.3, -0.25) is 0 Å². The summed E-state index contributed by atoms with van der Waals surface area (Å²) in [6, 6.07) is 25.8. The molecule has 2 aromatic heterocycles. The summed E-state index contributed by atoms with van der Waals surface area (Å²) in [6.45, 7) is 0. The number of aromatic nitrogens is 1. The predicted octanol–water partition coefficient (Wildman–Crippen LogP) is 5.95. The molecule has 5 rings (SSSR count). The van der Waals surface area contributed by atoms with Crippen LogP contribution in [0.15, 0.2) is 88.3 Å². The molecule has 0 aliphatic heterocycles. The van der Waals surface area contributed by atoms with Gasteiger partial charge < -0.3 is 9.15 Å². The number of benzene rings is 3. The second-order valence-corrected chi connectivity index (χ2v) is 7.31. The van der Waals surface area contributed by atoms with Gasteiger partial charge in [-0.15, -0.1) is 0 Å². The van der Waals surface area contributed by atoms with Crippen molar-refractivity contribution in [2.75, 3.05) is 7.11 Å². The summed E-state index contributed by atoms with van der Waals surface area (Å²) < 4.78 is 12.5. The van der Waals surface area contributed by atoms with Gasteiger partial charge in [-0.2, -0.15) is 0 Å². The summed E-state index contributed by atoms with van der Waals surface area (Å²) in [5.41, 5.74) is 2.72. The lowest BCUT2D eigenvalue weighted by atomic mass is 10.1. The zero-order valence-corrected chi connectivity index (χ0v) is 15.9. The number of hydrogen-bond acceptors (Lipinski definition) is 5. The summed E-state index contributed by atoms with van der Waals surface area (Å²) in [5, 5.41) is 2.53. The summed E-state index contributed by atoms with van der Waals surface area (Å²) >= 11 is 1.58. The molecule has 5 heteroatoms. The van der Waals surface area contributed by atoms with E-state index in [1.165, 1.54) is 0 Å². The first kappa shape index (κ1) is 16.7. The number of rotatable bonds is 3. The normalized spacial score (nSPS) is 12.0. The summed E-state index contributed by atoms with van der Waals surface area (Å²) in [6.07, 6.45) is 0. The number of thiazole rings is 1. The molecule has 2 heterocycles. The van der Waals surface area contributed by atoms with Crippen molar-refractivity contribution in [2.24, 2.45) is 4.99 Å². The third kappa shape index (κ3) is 3.06. The molecule has 0 spiro atoms. The van der Waals surface area contributed by atoms with Gasteiger partial charge in [0.1, 0.15) is 17.1 Å². The Balaban J connectivity index is 1.72. The van der Waals surface area contributed by atoms with Crippen molar-refractivity contribution in [1.29, 1.82) is 0 Å². The highest BCUT2D eigenvalue weighted by Crippen LogP contribution is 2.28. The van der Waals surface area contributed by atoms with Crippen LogP contribution in [0.2, 0.25) is 0 Å². The topological polar surface area (TPSA) is 47.6 Å². The van der Waals surface area contributed by atoms with E-state index in [1.54, 1.807) is 18.4 Å². The van der Waals surface area contributed by atoms with Crippen molar-refractivity contribution in [3.8, 4) is 17.1 Å². The molecular formula is C23H16N2O2S. The minimum Gasteiger partial charge on any atom is -0.497 e. The SMILES string of the molecule is COc1ccc(-c2cc(=Nc3nc4ccccc4s3)c3ccccc3o2)cc1. The molecule has 0 saturated carbocycles. The van der Waals surface area contributed by atoms with Crippen LogP contribution in [-0.4, -0.2) is 12.1 Å². The highest BCUT2D eigenvalue weighted by molar-refractivity contribution is 7.21. The van der Waals surface area contributed by atoms with E-state index in [2.05, 4.69) is 11.1 Å². The van der Waals surface area contributed by atoms with Crippen molar-refractivity contribution >= 4 is 37.7 Å². The van der Waals surface area contributed by atoms with Crippen LogP contribution < -0.4 is 10.1 Å². The van der Waals surface area contributed by atoms with Gasteiger partial charge in [0.05, 0.1) is 22.7 Å². The first-order valence-electron chi connectivity index (χ1n) is 8.88. The maximum absolute atomic E-state index is 6.14. The van der Waals surface area contributed by atoms with E-state index < -0.39 is 0 Å². The molecular weight excluding hydrogens is 368 g/mol. The number of methoxy groups -OCH3 is 1. The summed E-state index contributed by atoms with van der Waals surface area (Å²) in [7, 11) is 1.66. The van der Waals surface area contributed by atoms with Gasteiger partial charge >= 0.3 is 0 Å². The fourth-order valence-electron chi connectivity index (χ4n) is 3.12. The van der Waals surface area contributed by atoms with E-state index in [4.69, 9.17) is 14.1 Å². The Labute approximate surface area is 165 Å². The maximum atomic E-state index is 6.14. The van der Waals surface area contributed by atoms with E-state index in [0.717, 1.165) is 48.7 Å². The number of hydrogen-bond donors (Lipinski definition) is 0. The third-order valence-electron chi connectivity index (χ3n) is 4.52. The van der Waals surface area contributed by atoms with Gasteiger partial charge in [0, 0.05) is 17.0 Å². The zero-order valence-electron chi connectivity index (χ0n) is 15.1. The zero-order chi connectivity index (χ0) is 18.9. The van der Waals surface area contributed by atoms with Crippen molar-refractivity contribution < 1.29 is 9.15 Å². The number of para-hydroxylation sites is 2. The van der Waals surface area contributed by atoms with Crippen LogP contribution in [0.3, 0.4) is 0 Å². The molecule has 0 saturated heterocycles. The molecule has 136 valence electrons. The molecule has 5 aromatic rings. The molecule has 0 amide bonds. The van der Waals surface area contributed by atoms with E-state index in [-0.39, 0.29) is 0 Å². The van der Waals surface area contributed by atoms with E-state index in [0.29, 0.717) is 0 Å². The van der Waals surface area contributed by atoms with Gasteiger partial charge in [-0.1, -0.05) is 35.6 Å². The maximum Gasteiger partial charge on any atom is 0.210 e. The lowest BCUT2D eigenvalue weighted by Gasteiger charge is -2.05. The van der Waals surface area contributed by atoms with Crippen LogP contribution in [0, 0.1) is 0 Å². The first-order valence-corrected chi connectivity index (χ1v) is 9.69. The molecule has 0 radical (unpaired) electrons. The molecule has 0 fully saturated rings. The second kappa shape index (κ2) is 6.94. The third-order valence-corrected chi connectivity index (χ3v) is 5.45. The fourth-order valence-corrected chi connectivity index (χ4v) is 3.97. The predicted molar refractivity (Wildman–Crippen MR) is 113 cm³/mol. The standard InChI is InChI=1S/C23H16N2O2S/c1-26-16-12-10-15(11-13-16)21-14-19(17-6-2-4-8-20(17)27-21)25-23-24-18-7-3-5-9-22(18)28-23/h2-14H,1H3. The minimum atomic E-state index is 0.734. The molecule has 4 nitrogen and oxygen atoms in total. The summed E-state index contributed by atoms with van der Waals surface area (Å²) in [4.78, 5) is 9.49. The Bertz CT molecular complexity index is 1320. The number of ether oxygens (including phenoxy) is 1. The molecule has 0 aliphatic rings. The highest BCUT2D eigenvalue weighted by Gasteiger charge is 2.08. The largest absolute Gasteiger partial charge is 0.497 e. The van der Waals surface area contributed by atoms with E-state index in [9.17, 15) is 0 Å². The van der Waals surface area contributed by atoms with E-state index >= 15 is 0 Å². The van der Waals surface area contributed by atoms with Gasteiger partial charge in [0.15, 0.2) is 0 Å². The average Bonchev–Trinajstić information content (AvgIpc) is 3.16. The van der Waals surface area contributed by atoms with Crippen LogP contribution >= 0.6 is 11.3 Å². The van der Waals surface area contributed by atoms with Crippen LogP contribution in [0.1, 0.15) is 0 Å². The van der Waals surface area contributed by atoms with Gasteiger partial charge in [-0.25, -0.2) is 9.98 Å². The fraction of sp³-hybridized carbons (Fsp3) is 0.0435. The minimum absolute atomic E-state index is 0.734. The smallest absolute Gasteiger partial charge is 0.210 e. The van der Waals surface area contributed by atoms with E-state index in [1.807, 2.05) is 72.8 Å². The number of nitrogens with zero attached hydrogens (tertiary/aromatic N) is 2. The lowest BCUT2D eigenvalue weighted by Crippen LogP contribution is -2.02. The van der Waals surface area contributed by atoms with Crippen LogP contribution in [0.25, 0.3) is 32.5 Å². The Morgan fingerprint density at radius 3 is 2.54 bits per heavy atom. The van der Waals surface area contributed by atoms with Crippen molar-refractivity contribution in [2.45, 2.75) is 0 Å². The van der Waals surface area contributed by atoms with Crippen LogP contribution in [0.4, 0.5) is 5.13 Å². The molecule has 0 bridgehead atoms. The highest BCUT2D eigenvalue weighted by atomic mass is 32.1. The lowest BCUT2D eigenvalue weighted by molar-refractivity contribution is 0.415. The van der Waals surface area contributed by atoms with Gasteiger partial charge in [0.25, 0.3) is 0 Å². The first-order chi connectivity index (χ1) is 13.8.